The monoisotopic (exact) mass is 327 g/mol. The number of carboxylic acids is 1. The summed E-state index contributed by atoms with van der Waals surface area (Å²) in [6.45, 7) is 1.76. The number of aromatic carboxylic acids is 1. The van der Waals surface area contributed by atoms with Crippen molar-refractivity contribution in [3.05, 3.63) is 64.2 Å². The molecule has 4 nitrogen and oxygen atoms in total. The Morgan fingerprint density at radius 2 is 1.35 bits per heavy atom. The zero-order valence-corrected chi connectivity index (χ0v) is 11.6. The number of hydrogen-bond donors (Lipinski definition) is 2. The fraction of sp³-hybridized carbons (Fsp3) is 0.0667. The summed E-state index contributed by atoms with van der Waals surface area (Å²) < 4.78 is 53.8. The highest BCUT2D eigenvalue weighted by atomic mass is 19.2. The Morgan fingerprint density at radius 3 is 1.83 bits per heavy atom. The maximum absolute atomic E-state index is 13.8. The summed E-state index contributed by atoms with van der Waals surface area (Å²) in [6.07, 6.45) is 0. The molecule has 0 aliphatic heterocycles. The first-order valence-electron chi connectivity index (χ1n) is 6.21. The molecule has 2 N–H and O–H groups in total. The fourth-order valence-electron chi connectivity index (χ4n) is 1.88. The second-order valence-electron chi connectivity index (χ2n) is 4.63. The molecule has 0 radical (unpaired) electrons. The second kappa shape index (κ2) is 6.07. The fourth-order valence-corrected chi connectivity index (χ4v) is 1.88. The molecule has 0 fully saturated rings. The molecule has 0 heterocycles. The van der Waals surface area contributed by atoms with Gasteiger partial charge in [-0.2, -0.15) is 0 Å². The third kappa shape index (κ3) is 3.01. The van der Waals surface area contributed by atoms with Gasteiger partial charge in [-0.05, 0) is 19.1 Å². The van der Waals surface area contributed by atoms with Crippen molar-refractivity contribution in [1.29, 1.82) is 0 Å². The van der Waals surface area contributed by atoms with E-state index in [1.54, 1.807) is 19.1 Å². The molecule has 23 heavy (non-hydrogen) atoms. The van der Waals surface area contributed by atoms with Gasteiger partial charge in [0.2, 0.25) is 0 Å². The van der Waals surface area contributed by atoms with E-state index in [1.165, 1.54) is 12.1 Å². The van der Waals surface area contributed by atoms with E-state index in [2.05, 4.69) is 5.32 Å². The molecule has 8 heteroatoms. The van der Waals surface area contributed by atoms with Gasteiger partial charge in [0.05, 0.1) is 5.56 Å². The number of halogens is 4. The highest BCUT2D eigenvalue weighted by molar-refractivity contribution is 6.11. The van der Waals surface area contributed by atoms with Gasteiger partial charge in [-0.3, -0.25) is 4.79 Å². The number of aryl methyl sites for hydroxylation is 1. The normalized spacial score (nSPS) is 10.5. The lowest BCUT2D eigenvalue weighted by molar-refractivity contribution is 0.0684. The lowest BCUT2D eigenvalue weighted by atomic mass is 10.0. The van der Waals surface area contributed by atoms with Gasteiger partial charge in [-0.1, -0.05) is 17.7 Å². The quantitative estimate of drug-likeness (QED) is 0.515. The third-order valence-electron chi connectivity index (χ3n) is 3.02. The van der Waals surface area contributed by atoms with Crippen molar-refractivity contribution in [1.82, 2.24) is 0 Å². The molecule has 1 amide bonds. The lowest BCUT2D eigenvalue weighted by Gasteiger charge is -2.11. The molecule has 2 aromatic carbocycles. The summed E-state index contributed by atoms with van der Waals surface area (Å²) in [4.78, 5) is 23.0. The number of rotatable bonds is 3. The van der Waals surface area contributed by atoms with Gasteiger partial charge in [-0.25, -0.2) is 22.4 Å². The standard InChI is InChI=1S/C15H9F4NO3/c1-6-2-4-7(5-3-6)20-14(21)8-9(15(22)23)11(17)13(19)12(18)10(8)16/h2-5H,1H3,(H,20,21)(H,22,23). The van der Waals surface area contributed by atoms with E-state index in [1.807, 2.05) is 0 Å². The number of amides is 1. The third-order valence-corrected chi connectivity index (χ3v) is 3.02. The van der Waals surface area contributed by atoms with Crippen LogP contribution in [0.4, 0.5) is 23.2 Å². The minimum absolute atomic E-state index is 0.140. The van der Waals surface area contributed by atoms with E-state index >= 15 is 0 Å². The SMILES string of the molecule is Cc1ccc(NC(=O)c2c(F)c(F)c(F)c(F)c2C(=O)O)cc1. The first kappa shape index (κ1) is 16.5. The van der Waals surface area contributed by atoms with Crippen LogP contribution in [0.1, 0.15) is 26.3 Å². The molecule has 0 aromatic heterocycles. The van der Waals surface area contributed by atoms with Crippen LogP contribution in [-0.2, 0) is 0 Å². The van der Waals surface area contributed by atoms with Gasteiger partial charge < -0.3 is 10.4 Å². The Balaban J connectivity index is 2.55. The van der Waals surface area contributed by atoms with Crippen LogP contribution in [0.2, 0.25) is 0 Å². The number of carbonyl (C=O) groups excluding carboxylic acids is 1. The maximum atomic E-state index is 13.8. The van der Waals surface area contributed by atoms with Crippen molar-refractivity contribution >= 4 is 17.6 Å². The van der Waals surface area contributed by atoms with Crippen molar-refractivity contribution in [2.24, 2.45) is 0 Å². The van der Waals surface area contributed by atoms with Gasteiger partial charge in [0.25, 0.3) is 5.91 Å². The lowest BCUT2D eigenvalue weighted by Crippen LogP contribution is -2.22. The van der Waals surface area contributed by atoms with Gasteiger partial charge in [-0.15, -0.1) is 0 Å². The number of carboxylic acid groups (broad SMARTS) is 1. The highest BCUT2D eigenvalue weighted by Crippen LogP contribution is 2.25. The molecule has 120 valence electrons. The molecular formula is C15H9F4NO3. The van der Waals surface area contributed by atoms with Crippen molar-refractivity contribution in [3.8, 4) is 0 Å². The Morgan fingerprint density at radius 1 is 0.870 bits per heavy atom. The van der Waals surface area contributed by atoms with Crippen molar-refractivity contribution in [2.45, 2.75) is 6.92 Å². The van der Waals surface area contributed by atoms with Gasteiger partial charge in [0.1, 0.15) is 5.56 Å². The summed E-state index contributed by atoms with van der Waals surface area (Å²) >= 11 is 0. The Labute approximate surface area is 127 Å². The average Bonchev–Trinajstić information content (AvgIpc) is 2.50. The van der Waals surface area contributed by atoms with E-state index in [0.717, 1.165) is 5.56 Å². The summed E-state index contributed by atoms with van der Waals surface area (Å²) in [5.74, 6) is -12.3. The number of carbonyl (C=O) groups is 2. The molecule has 0 saturated carbocycles. The van der Waals surface area contributed by atoms with E-state index in [-0.39, 0.29) is 5.69 Å². The number of hydrogen-bond acceptors (Lipinski definition) is 2. The molecule has 0 unspecified atom stereocenters. The highest BCUT2D eigenvalue weighted by Gasteiger charge is 2.32. The van der Waals surface area contributed by atoms with Gasteiger partial charge >= 0.3 is 5.97 Å². The zero-order chi connectivity index (χ0) is 17.3. The smallest absolute Gasteiger partial charge is 0.339 e. The Bertz CT molecular complexity index is 804. The van der Waals surface area contributed by atoms with Crippen LogP contribution in [0.3, 0.4) is 0 Å². The van der Waals surface area contributed by atoms with Crippen LogP contribution >= 0.6 is 0 Å². The summed E-state index contributed by atoms with van der Waals surface area (Å²) in [7, 11) is 0. The molecule has 0 bridgehead atoms. The summed E-state index contributed by atoms with van der Waals surface area (Å²) in [6, 6.07) is 6.02. The molecule has 0 aliphatic rings. The van der Waals surface area contributed by atoms with Gasteiger partial charge in [0, 0.05) is 5.69 Å². The first-order chi connectivity index (χ1) is 10.7. The van der Waals surface area contributed by atoms with Crippen LogP contribution in [0.15, 0.2) is 24.3 Å². The van der Waals surface area contributed by atoms with Gasteiger partial charge in [0.15, 0.2) is 23.3 Å². The molecule has 0 saturated heterocycles. The molecule has 0 atom stereocenters. The average molecular weight is 327 g/mol. The topological polar surface area (TPSA) is 66.4 Å². The van der Waals surface area contributed by atoms with Crippen LogP contribution in [0.25, 0.3) is 0 Å². The van der Waals surface area contributed by atoms with E-state index in [4.69, 9.17) is 5.11 Å². The summed E-state index contributed by atoms with van der Waals surface area (Å²) in [5.41, 5.74) is -2.01. The Hall–Kier alpha value is -2.90. The van der Waals surface area contributed by atoms with Crippen molar-refractivity contribution < 1.29 is 32.3 Å². The van der Waals surface area contributed by atoms with Crippen molar-refractivity contribution in [2.75, 3.05) is 5.32 Å². The van der Waals surface area contributed by atoms with Crippen LogP contribution in [0, 0.1) is 30.2 Å². The minimum Gasteiger partial charge on any atom is -0.478 e. The molecule has 2 aromatic rings. The van der Waals surface area contributed by atoms with E-state index < -0.39 is 46.3 Å². The first-order valence-corrected chi connectivity index (χ1v) is 6.21. The molecule has 0 spiro atoms. The van der Waals surface area contributed by atoms with Crippen LogP contribution in [0.5, 0.6) is 0 Å². The predicted molar refractivity (Wildman–Crippen MR) is 72.4 cm³/mol. The number of nitrogens with one attached hydrogen (secondary N) is 1. The number of benzene rings is 2. The zero-order valence-electron chi connectivity index (χ0n) is 11.6. The second-order valence-corrected chi connectivity index (χ2v) is 4.63. The largest absolute Gasteiger partial charge is 0.478 e. The molecule has 0 aliphatic carbocycles. The Kier molecular flexibility index (Phi) is 4.35. The predicted octanol–water partition coefficient (Wildman–Crippen LogP) is 3.50. The molecular weight excluding hydrogens is 318 g/mol. The number of anilines is 1. The summed E-state index contributed by atoms with van der Waals surface area (Å²) in [5, 5.41) is 11.0. The maximum Gasteiger partial charge on any atom is 0.339 e. The van der Waals surface area contributed by atoms with E-state index in [9.17, 15) is 27.2 Å². The van der Waals surface area contributed by atoms with Crippen LogP contribution < -0.4 is 5.32 Å². The van der Waals surface area contributed by atoms with Crippen LogP contribution in [-0.4, -0.2) is 17.0 Å². The molecule has 2 rings (SSSR count). The van der Waals surface area contributed by atoms with E-state index in [0.29, 0.717) is 0 Å². The minimum atomic E-state index is -2.30. The van der Waals surface area contributed by atoms with Crippen molar-refractivity contribution in [3.63, 3.8) is 0 Å².